The third kappa shape index (κ3) is 7.89. The molecule has 1 fully saturated rings. The van der Waals surface area contributed by atoms with Crippen molar-refractivity contribution in [2.24, 2.45) is 0 Å². The van der Waals surface area contributed by atoms with Crippen molar-refractivity contribution in [2.75, 3.05) is 6.61 Å². The standard InChI is InChI=1S/C33H31NO9/c35-32(27-16-18-28(19-17-27)34(37)38)43-33(36)31(41-22-26-14-8-3-9-15-26)30(40-21-25-12-6-2-7-13-25)29(42-33)23-39-20-24-10-4-1-5-11-24/h1-19,29-31,36H,20-23H2/t29-,30-,31+,33?/m1/s1. The van der Waals surface area contributed by atoms with Crippen molar-refractivity contribution < 1.29 is 38.5 Å². The monoisotopic (exact) mass is 585 g/mol. The van der Waals surface area contributed by atoms with Gasteiger partial charge in [0.25, 0.3) is 5.69 Å². The van der Waals surface area contributed by atoms with Crippen LogP contribution in [0.25, 0.3) is 0 Å². The van der Waals surface area contributed by atoms with E-state index in [2.05, 4.69) is 0 Å². The third-order valence-electron chi connectivity index (χ3n) is 6.85. The second-order valence-corrected chi connectivity index (χ2v) is 9.96. The van der Waals surface area contributed by atoms with Gasteiger partial charge < -0.3 is 28.8 Å². The SMILES string of the molecule is O=C(OC1(O)O[C@H](COCc2ccccc2)[C@@H](OCc2ccccc2)[C@@H]1OCc1ccccc1)c1ccc([N+](=O)[O-])cc1. The molecule has 4 aromatic rings. The van der Waals surface area contributed by atoms with E-state index in [1.165, 1.54) is 24.3 Å². The summed E-state index contributed by atoms with van der Waals surface area (Å²) in [6, 6.07) is 33.1. The van der Waals surface area contributed by atoms with Gasteiger partial charge in [-0.05, 0) is 28.8 Å². The van der Waals surface area contributed by atoms with Gasteiger partial charge in [-0.2, -0.15) is 0 Å². The third-order valence-corrected chi connectivity index (χ3v) is 6.85. The van der Waals surface area contributed by atoms with E-state index < -0.39 is 35.2 Å². The lowest BCUT2D eigenvalue weighted by Gasteiger charge is -2.29. The summed E-state index contributed by atoms with van der Waals surface area (Å²) in [5.74, 6) is -3.52. The van der Waals surface area contributed by atoms with E-state index in [-0.39, 0.29) is 37.7 Å². The van der Waals surface area contributed by atoms with E-state index in [9.17, 15) is 20.0 Å². The molecule has 4 aromatic carbocycles. The van der Waals surface area contributed by atoms with Crippen LogP contribution in [-0.4, -0.2) is 46.9 Å². The highest BCUT2D eigenvalue weighted by Crippen LogP contribution is 2.37. The zero-order valence-corrected chi connectivity index (χ0v) is 23.2. The Kier molecular flexibility index (Phi) is 9.88. The number of carbonyl (C=O) groups excluding carboxylic acids is 1. The topological polar surface area (TPSA) is 127 Å². The molecular formula is C33H31NO9. The molecule has 5 rings (SSSR count). The quantitative estimate of drug-likeness (QED) is 0.0977. The van der Waals surface area contributed by atoms with Crippen molar-refractivity contribution in [1.29, 1.82) is 0 Å². The van der Waals surface area contributed by atoms with E-state index in [1.54, 1.807) is 0 Å². The molecule has 1 heterocycles. The van der Waals surface area contributed by atoms with Crippen LogP contribution in [-0.2, 0) is 43.5 Å². The van der Waals surface area contributed by atoms with Gasteiger partial charge in [0, 0.05) is 12.1 Å². The van der Waals surface area contributed by atoms with Gasteiger partial charge >= 0.3 is 11.9 Å². The van der Waals surface area contributed by atoms with E-state index >= 15 is 0 Å². The number of nitro groups is 1. The van der Waals surface area contributed by atoms with Crippen LogP contribution < -0.4 is 0 Å². The highest BCUT2D eigenvalue weighted by Gasteiger charge is 2.59. The lowest BCUT2D eigenvalue weighted by atomic mass is 10.1. The predicted molar refractivity (Wildman–Crippen MR) is 154 cm³/mol. The number of aliphatic hydroxyl groups is 1. The molecule has 4 atom stereocenters. The summed E-state index contributed by atoms with van der Waals surface area (Å²) in [4.78, 5) is 23.6. The number of nitrogens with zero attached hydrogens (tertiary/aromatic N) is 1. The maximum Gasteiger partial charge on any atom is 0.358 e. The average molecular weight is 586 g/mol. The second-order valence-electron chi connectivity index (χ2n) is 9.96. The molecule has 1 aliphatic heterocycles. The Morgan fingerprint density at radius 3 is 1.81 bits per heavy atom. The molecule has 0 aromatic heterocycles. The molecular weight excluding hydrogens is 554 g/mol. The Morgan fingerprint density at radius 2 is 1.28 bits per heavy atom. The van der Waals surface area contributed by atoms with Gasteiger partial charge in [0.1, 0.15) is 12.2 Å². The molecule has 1 N–H and O–H groups in total. The summed E-state index contributed by atoms with van der Waals surface area (Å²) in [5, 5.41) is 22.8. The highest BCUT2D eigenvalue weighted by molar-refractivity contribution is 5.89. The first kappa shape index (κ1) is 30.0. The minimum Gasteiger partial charge on any atom is -0.402 e. The Balaban J connectivity index is 1.39. The number of esters is 1. The fraction of sp³-hybridized carbons (Fsp3) is 0.242. The summed E-state index contributed by atoms with van der Waals surface area (Å²) in [5.41, 5.74) is 2.43. The molecule has 222 valence electrons. The van der Waals surface area contributed by atoms with Gasteiger partial charge in [0.15, 0.2) is 6.10 Å². The van der Waals surface area contributed by atoms with Crippen molar-refractivity contribution >= 4 is 11.7 Å². The van der Waals surface area contributed by atoms with E-state index in [0.717, 1.165) is 16.7 Å². The maximum atomic E-state index is 13.1. The van der Waals surface area contributed by atoms with Crippen LogP contribution in [0.2, 0.25) is 0 Å². The molecule has 1 aliphatic rings. The number of nitro benzene ring substituents is 1. The molecule has 43 heavy (non-hydrogen) atoms. The molecule has 0 amide bonds. The van der Waals surface area contributed by atoms with Crippen LogP contribution in [0, 0.1) is 10.1 Å². The molecule has 0 aliphatic carbocycles. The van der Waals surface area contributed by atoms with Crippen LogP contribution in [0.3, 0.4) is 0 Å². The molecule has 0 radical (unpaired) electrons. The van der Waals surface area contributed by atoms with Gasteiger partial charge in [-0.3, -0.25) is 10.1 Å². The number of carbonyl (C=O) groups is 1. The zero-order valence-electron chi connectivity index (χ0n) is 23.2. The smallest absolute Gasteiger partial charge is 0.358 e. The first-order valence-electron chi connectivity index (χ1n) is 13.7. The number of rotatable bonds is 13. The van der Waals surface area contributed by atoms with Crippen LogP contribution in [0.5, 0.6) is 0 Å². The van der Waals surface area contributed by atoms with E-state index in [1.807, 2.05) is 91.0 Å². The van der Waals surface area contributed by atoms with E-state index in [0.29, 0.717) is 0 Å². The number of ether oxygens (including phenoxy) is 5. The molecule has 1 saturated heterocycles. The summed E-state index contributed by atoms with van der Waals surface area (Å²) >= 11 is 0. The van der Waals surface area contributed by atoms with Gasteiger partial charge in [0.05, 0.1) is 36.9 Å². The van der Waals surface area contributed by atoms with Crippen LogP contribution in [0.4, 0.5) is 5.69 Å². The van der Waals surface area contributed by atoms with Crippen molar-refractivity contribution in [1.82, 2.24) is 0 Å². The van der Waals surface area contributed by atoms with Crippen LogP contribution >= 0.6 is 0 Å². The normalized spacial score (nSPS) is 21.4. The Labute approximate surface area is 248 Å². The van der Waals surface area contributed by atoms with Gasteiger partial charge in [-0.1, -0.05) is 91.0 Å². The first-order chi connectivity index (χ1) is 20.9. The van der Waals surface area contributed by atoms with Gasteiger partial charge in [0.2, 0.25) is 0 Å². The summed E-state index contributed by atoms with van der Waals surface area (Å²) in [6.45, 7) is 0.510. The number of hydrogen-bond acceptors (Lipinski definition) is 9. The van der Waals surface area contributed by atoms with Gasteiger partial charge in [-0.15, -0.1) is 0 Å². The second kappa shape index (κ2) is 14.1. The summed E-state index contributed by atoms with van der Waals surface area (Å²) in [6.07, 6.45) is -3.07. The lowest BCUT2D eigenvalue weighted by Crippen LogP contribution is -2.49. The Bertz CT molecular complexity index is 1470. The Morgan fingerprint density at radius 1 is 0.767 bits per heavy atom. The highest BCUT2D eigenvalue weighted by atomic mass is 16.9. The largest absolute Gasteiger partial charge is 0.402 e. The molecule has 10 nitrogen and oxygen atoms in total. The fourth-order valence-electron chi connectivity index (χ4n) is 4.66. The summed E-state index contributed by atoms with van der Waals surface area (Å²) in [7, 11) is 0. The fourth-order valence-corrected chi connectivity index (χ4v) is 4.66. The van der Waals surface area contributed by atoms with Crippen molar-refractivity contribution in [3.63, 3.8) is 0 Å². The Hall–Kier alpha value is -4.45. The van der Waals surface area contributed by atoms with Crippen molar-refractivity contribution in [3.05, 3.63) is 148 Å². The first-order valence-corrected chi connectivity index (χ1v) is 13.7. The average Bonchev–Trinajstić information content (AvgIpc) is 3.29. The maximum absolute atomic E-state index is 13.1. The van der Waals surface area contributed by atoms with Crippen LogP contribution in [0.1, 0.15) is 27.0 Å². The van der Waals surface area contributed by atoms with E-state index in [4.69, 9.17) is 23.7 Å². The molecule has 0 bridgehead atoms. The minimum absolute atomic E-state index is 0.00304. The molecule has 0 saturated carbocycles. The predicted octanol–water partition coefficient (Wildman–Crippen LogP) is 5.18. The number of benzene rings is 4. The number of non-ortho nitro benzene ring substituents is 1. The zero-order chi connectivity index (χ0) is 30.1. The van der Waals surface area contributed by atoms with Crippen molar-refractivity contribution in [2.45, 2.75) is 44.1 Å². The lowest BCUT2D eigenvalue weighted by molar-refractivity contribution is -0.384. The number of hydrogen-bond donors (Lipinski definition) is 1. The minimum atomic E-state index is -2.56. The van der Waals surface area contributed by atoms with Crippen molar-refractivity contribution in [3.8, 4) is 0 Å². The molecule has 1 unspecified atom stereocenters. The van der Waals surface area contributed by atoms with Gasteiger partial charge in [-0.25, -0.2) is 4.79 Å². The molecule has 10 heteroatoms. The molecule has 0 spiro atoms. The summed E-state index contributed by atoms with van der Waals surface area (Å²) < 4.78 is 29.9. The van der Waals surface area contributed by atoms with Crippen LogP contribution in [0.15, 0.2) is 115 Å².